The molecular weight excluding hydrogens is 245 g/mol. The first-order valence-electron chi connectivity index (χ1n) is 5.52. The van der Waals surface area contributed by atoms with Crippen molar-refractivity contribution < 1.29 is 9.18 Å². The highest BCUT2D eigenvalue weighted by Gasteiger charge is 2.19. The Balaban J connectivity index is 2.40. The largest absolute Gasteiger partial charge is 0.309 e. The number of rotatable bonds is 2. The molecular formula is C14H10FN3O. The van der Waals surface area contributed by atoms with Gasteiger partial charge in [-0.2, -0.15) is 5.26 Å². The smallest absolute Gasteiger partial charge is 0.261 e. The summed E-state index contributed by atoms with van der Waals surface area (Å²) in [6.45, 7) is 0. The number of amides is 1. The Morgan fingerprint density at radius 2 is 2.11 bits per heavy atom. The van der Waals surface area contributed by atoms with Crippen molar-refractivity contribution in [1.29, 1.82) is 5.26 Å². The molecule has 2 rings (SSSR count). The number of pyridine rings is 1. The van der Waals surface area contributed by atoms with Crippen molar-refractivity contribution >= 4 is 11.6 Å². The van der Waals surface area contributed by atoms with Crippen molar-refractivity contribution in [3.63, 3.8) is 0 Å². The Bertz CT molecular complexity index is 664. The molecule has 0 N–H and O–H groups in total. The third-order valence-corrected chi connectivity index (χ3v) is 2.69. The van der Waals surface area contributed by atoms with Crippen LogP contribution < -0.4 is 4.90 Å². The average molecular weight is 255 g/mol. The molecule has 19 heavy (non-hydrogen) atoms. The van der Waals surface area contributed by atoms with Crippen LogP contribution in [0.4, 0.5) is 10.1 Å². The molecule has 0 saturated heterocycles. The Kier molecular flexibility index (Phi) is 3.53. The molecule has 4 nitrogen and oxygen atoms in total. The first-order chi connectivity index (χ1) is 9.15. The van der Waals surface area contributed by atoms with Gasteiger partial charge < -0.3 is 4.90 Å². The fourth-order valence-electron chi connectivity index (χ4n) is 1.68. The Labute approximate surface area is 109 Å². The first-order valence-corrected chi connectivity index (χ1v) is 5.52. The molecule has 0 radical (unpaired) electrons. The number of nitriles is 1. The summed E-state index contributed by atoms with van der Waals surface area (Å²) >= 11 is 0. The quantitative estimate of drug-likeness (QED) is 0.827. The van der Waals surface area contributed by atoms with Gasteiger partial charge in [0.2, 0.25) is 0 Å². The van der Waals surface area contributed by atoms with Crippen molar-refractivity contribution in [3.05, 3.63) is 59.7 Å². The molecule has 0 fully saturated rings. The minimum Gasteiger partial charge on any atom is -0.309 e. The maximum Gasteiger partial charge on any atom is 0.261 e. The normalized spacial score (nSPS) is 9.74. The zero-order valence-corrected chi connectivity index (χ0v) is 10.2. The van der Waals surface area contributed by atoms with Crippen LogP contribution in [-0.2, 0) is 0 Å². The van der Waals surface area contributed by atoms with E-state index in [-0.39, 0.29) is 16.8 Å². The summed E-state index contributed by atoms with van der Waals surface area (Å²) < 4.78 is 13.6. The molecule has 0 unspecified atom stereocenters. The van der Waals surface area contributed by atoms with Crippen LogP contribution in [0.25, 0.3) is 0 Å². The highest BCUT2D eigenvalue weighted by molar-refractivity contribution is 6.07. The van der Waals surface area contributed by atoms with E-state index in [1.54, 1.807) is 12.1 Å². The Hall–Kier alpha value is -2.74. The maximum absolute atomic E-state index is 13.6. The van der Waals surface area contributed by atoms with Crippen LogP contribution in [0.3, 0.4) is 0 Å². The van der Waals surface area contributed by atoms with E-state index < -0.39 is 11.7 Å². The second kappa shape index (κ2) is 5.27. The standard InChI is InChI=1S/C14H10FN3O/c1-18(13-5-3-2-4-12(13)15)14(19)11-9-17-7-6-10(11)8-16/h2-7,9H,1H3. The van der Waals surface area contributed by atoms with Crippen molar-refractivity contribution in [1.82, 2.24) is 4.98 Å². The van der Waals surface area contributed by atoms with Crippen molar-refractivity contribution in [3.8, 4) is 6.07 Å². The summed E-state index contributed by atoms with van der Waals surface area (Å²) in [5.41, 5.74) is 0.513. The lowest BCUT2D eigenvalue weighted by atomic mass is 10.1. The summed E-state index contributed by atoms with van der Waals surface area (Å²) in [4.78, 5) is 17.2. The minimum absolute atomic E-state index is 0.149. The summed E-state index contributed by atoms with van der Waals surface area (Å²) in [6.07, 6.45) is 2.73. The lowest BCUT2D eigenvalue weighted by Crippen LogP contribution is -2.27. The molecule has 0 bridgehead atoms. The van der Waals surface area contributed by atoms with E-state index in [1.807, 2.05) is 6.07 Å². The molecule has 1 aromatic heterocycles. The second-order valence-corrected chi connectivity index (χ2v) is 3.85. The van der Waals surface area contributed by atoms with Crippen molar-refractivity contribution in [2.75, 3.05) is 11.9 Å². The molecule has 2 aromatic rings. The third-order valence-electron chi connectivity index (χ3n) is 2.69. The van der Waals surface area contributed by atoms with Gasteiger partial charge in [-0.3, -0.25) is 9.78 Å². The molecule has 0 atom stereocenters. The first kappa shape index (κ1) is 12.7. The highest BCUT2D eigenvalue weighted by atomic mass is 19.1. The predicted molar refractivity (Wildman–Crippen MR) is 68.1 cm³/mol. The number of aromatic nitrogens is 1. The number of benzene rings is 1. The number of para-hydroxylation sites is 1. The molecule has 0 saturated carbocycles. The van der Waals surface area contributed by atoms with Gasteiger partial charge in [0, 0.05) is 19.4 Å². The van der Waals surface area contributed by atoms with Crippen LogP contribution in [0.2, 0.25) is 0 Å². The van der Waals surface area contributed by atoms with Gasteiger partial charge in [0.1, 0.15) is 11.9 Å². The fourth-order valence-corrected chi connectivity index (χ4v) is 1.68. The fraction of sp³-hybridized carbons (Fsp3) is 0.0714. The molecule has 0 aliphatic carbocycles. The molecule has 5 heteroatoms. The number of carbonyl (C=O) groups excluding carboxylic acids is 1. The summed E-state index contributed by atoms with van der Waals surface area (Å²) in [6, 6.07) is 9.31. The lowest BCUT2D eigenvalue weighted by molar-refractivity contribution is 0.0991. The van der Waals surface area contributed by atoms with E-state index in [0.717, 1.165) is 4.90 Å². The van der Waals surface area contributed by atoms with Crippen LogP contribution in [0.1, 0.15) is 15.9 Å². The Morgan fingerprint density at radius 1 is 1.37 bits per heavy atom. The average Bonchev–Trinajstić information content (AvgIpc) is 2.46. The second-order valence-electron chi connectivity index (χ2n) is 3.85. The maximum atomic E-state index is 13.6. The molecule has 94 valence electrons. The molecule has 1 aromatic carbocycles. The number of hydrogen-bond acceptors (Lipinski definition) is 3. The molecule has 0 spiro atoms. The van der Waals surface area contributed by atoms with Crippen molar-refractivity contribution in [2.24, 2.45) is 0 Å². The Morgan fingerprint density at radius 3 is 2.79 bits per heavy atom. The van der Waals surface area contributed by atoms with Gasteiger partial charge in [-0.05, 0) is 18.2 Å². The van der Waals surface area contributed by atoms with Gasteiger partial charge in [0.05, 0.1) is 16.8 Å². The third kappa shape index (κ3) is 2.43. The summed E-state index contributed by atoms with van der Waals surface area (Å²) in [5, 5.41) is 8.95. The molecule has 0 aliphatic rings. The van der Waals surface area contributed by atoms with E-state index in [1.165, 1.54) is 37.6 Å². The van der Waals surface area contributed by atoms with Gasteiger partial charge in [-0.15, -0.1) is 0 Å². The summed E-state index contributed by atoms with van der Waals surface area (Å²) in [7, 11) is 1.45. The van der Waals surface area contributed by atoms with Crippen LogP contribution in [0.15, 0.2) is 42.7 Å². The van der Waals surface area contributed by atoms with E-state index in [2.05, 4.69) is 4.98 Å². The van der Waals surface area contributed by atoms with E-state index in [0.29, 0.717) is 0 Å². The predicted octanol–water partition coefficient (Wildman–Crippen LogP) is 2.37. The highest BCUT2D eigenvalue weighted by Crippen LogP contribution is 2.20. The van der Waals surface area contributed by atoms with E-state index >= 15 is 0 Å². The van der Waals surface area contributed by atoms with E-state index in [9.17, 15) is 9.18 Å². The van der Waals surface area contributed by atoms with Crippen LogP contribution >= 0.6 is 0 Å². The number of carbonyl (C=O) groups is 1. The number of hydrogen-bond donors (Lipinski definition) is 0. The topological polar surface area (TPSA) is 57.0 Å². The lowest BCUT2D eigenvalue weighted by Gasteiger charge is -2.18. The zero-order chi connectivity index (χ0) is 13.8. The van der Waals surface area contributed by atoms with Crippen LogP contribution in [0.5, 0.6) is 0 Å². The van der Waals surface area contributed by atoms with Gasteiger partial charge in [-0.1, -0.05) is 12.1 Å². The van der Waals surface area contributed by atoms with Crippen LogP contribution in [-0.4, -0.2) is 17.9 Å². The van der Waals surface area contributed by atoms with Gasteiger partial charge >= 0.3 is 0 Å². The monoisotopic (exact) mass is 255 g/mol. The summed E-state index contributed by atoms with van der Waals surface area (Å²) in [5.74, 6) is -0.976. The van der Waals surface area contributed by atoms with E-state index in [4.69, 9.17) is 5.26 Å². The minimum atomic E-state index is -0.499. The number of halogens is 1. The zero-order valence-electron chi connectivity index (χ0n) is 10.2. The van der Waals surface area contributed by atoms with Gasteiger partial charge in [0.15, 0.2) is 0 Å². The van der Waals surface area contributed by atoms with Crippen LogP contribution in [0, 0.1) is 17.1 Å². The molecule has 1 amide bonds. The number of nitrogens with zero attached hydrogens (tertiary/aromatic N) is 3. The molecule has 1 heterocycles. The van der Waals surface area contributed by atoms with Crippen molar-refractivity contribution in [2.45, 2.75) is 0 Å². The SMILES string of the molecule is CN(C(=O)c1cnccc1C#N)c1ccccc1F. The van der Waals surface area contributed by atoms with Gasteiger partial charge in [0.25, 0.3) is 5.91 Å². The molecule has 0 aliphatic heterocycles. The number of anilines is 1. The van der Waals surface area contributed by atoms with Gasteiger partial charge in [-0.25, -0.2) is 4.39 Å².